The molecule has 0 aliphatic heterocycles. The van der Waals surface area contributed by atoms with Crippen LogP contribution in [0.3, 0.4) is 0 Å². The van der Waals surface area contributed by atoms with Crippen molar-refractivity contribution in [2.24, 2.45) is 0 Å². The smallest absolute Gasteiger partial charge is 0.190 e. The van der Waals surface area contributed by atoms with Crippen molar-refractivity contribution in [2.45, 2.75) is 45.4 Å². The highest BCUT2D eigenvalue weighted by Gasteiger charge is 2.09. The van der Waals surface area contributed by atoms with Gasteiger partial charge in [0.05, 0.1) is 6.61 Å². The number of aromatic amines is 1. The number of unbranched alkanes of at least 4 members (excludes halogenated alkanes) is 5. The lowest BCUT2D eigenvalue weighted by molar-refractivity contribution is 0.304. The molecule has 22 heavy (non-hydrogen) atoms. The monoisotopic (exact) mass is 298 g/mol. The molecule has 116 valence electrons. The van der Waals surface area contributed by atoms with Gasteiger partial charge in [-0.2, -0.15) is 15.6 Å². The van der Waals surface area contributed by atoms with Crippen LogP contribution in [0.25, 0.3) is 11.3 Å². The Balaban J connectivity index is 1.77. The van der Waals surface area contributed by atoms with Gasteiger partial charge in [-0.05, 0) is 30.7 Å². The lowest BCUT2D eigenvalue weighted by Crippen LogP contribution is -1.97. The first-order valence-corrected chi connectivity index (χ1v) is 7.89. The van der Waals surface area contributed by atoms with Crippen molar-refractivity contribution < 1.29 is 4.74 Å². The molecule has 5 heteroatoms. The maximum Gasteiger partial charge on any atom is 0.190 e. The van der Waals surface area contributed by atoms with Gasteiger partial charge < -0.3 is 4.74 Å². The second kappa shape index (κ2) is 8.83. The lowest BCUT2D eigenvalue weighted by atomic mass is 10.1. The fourth-order valence-electron chi connectivity index (χ4n) is 2.29. The van der Waals surface area contributed by atoms with Crippen LogP contribution in [0, 0.1) is 11.3 Å². The highest BCUT2D eigenvalue weighted by molar-refractivity contribution is 5.64. The number of hydrogen-bond acceptors (Lipinski definition) is 4. The van der Waals surface area contributed by atoms with E-state index in [0.29, 0.717) is 11.4 Å². The van der Waals surface area contributed by atoms with Gasteiger partial charge in [-0.15, -0.1) is 5.10 Å². The Kier molecular flexibility index (Phi) is 6.43. The Morgan fingerprint density at radius 2 is 1.77 bits per heavy atom. The predicted octanol–water partition coefficient (Wildman–Crippen LogP) is 4.08. The topological polar surface area (TPSA) is 74.6 Å². The first-order valence-electron chi connectivity index (χ1n) is 7.89. The number of H-pyrrole nitrogens is 1. The molecule has 1 heterocycles. The Bertz CT molecular complexity index is 598. The summed E-state index contributed by atoms with van der Waals surface area (Å²) in [4.78, 5) is 0. The third-order valence-corrected chi connectivity index (χ3v) is 3.55. The van der Waals surface area contributed by atoms with Crippen LogP contribution < -0.4 is 4.74 Å². The third-order valence-electron chi connectivity index (χ3n) is 3.55. The molecule has 5 nitrogen and oxygen atoms in total. The van der Waals surface area contributed by atoms with E-state index in [1.54, 1.807) is 0 Å². The summed E-state index contributed by atoms with van der Waals surface area (Å²) in [6.07, 6.45) is 7.54. The summed E-state index contributed by atoms with van der Waals surface area (Å²) in [5.74, 6) is 0.847. The van der Waals surface area contributed by atoms with Crippen LogP contribution in [0.4, 0.5) is 0 Å². The van der Waals surface area contributed by atoms with Gasteiger partial charge in [0.25, 0.3) is 0 Å². The fourth-order valence-corrected chi connectivity index (χ4v) is 2.29. The number of benzene rings is 1. The molecule has 0 fully saturated rings. The zero-order valence-electron chi connectivity index (χ0n) is 13.0. The molecular formula is C17H22N4O. The molecule has 1 N–H and O–H groups in total. The standard InChI is InChI=1S/C17H22N4O/c1-2-3-4-5-6-7-12-22-15-10-8-14(9-11-15)17-16(13-18)19-21-20-17/h8-11H,2-7,12H2,1H3,(H,19,20,21). The minimum absolute atomic E-state index is 0.306. The van der Waals surface area contributed by atoms with Crippen molar-refractivity contribution in [3.05, 3.63) is 30.0 Å². The maximum absolute atomic E-state index is 8.95. The molecule has 0 saturated carbocycles. The van der Waals surface area contributed by atoms with Crippen molar-refractivity contribution >= 4 is 0 Å². The quantitative estimate of drug-likeness (QED) is 0.708. The molecule has 0 atom stereocenters. The highest BCUT2D eigenvalue weighted by atomic mass is 16.5. The van der Waals surface area contributed by atoms with Crippen LogP contribution >= 0.6 is 0 Å². The van der Waals surface area contributed by atoms with E-state index >= 15 is 0 Å². The largest absolute Gasteiger partial charge is 0.494 e. The van der Waals surface area contributed by atoms with E-state index in [1.807, 2.05) is 30.3 Å². The molecule has 0 unspecified atom stereocenters. The summed E-state index contributed by atoms with van der Waals surface area (Å²) in [5.41, 5.74) is 1.74. The summed E-state index contributed by atoms with van der Waals surface area (Å²) >= 11 is 0. The summed E-state index contributed by atoms with van der Waals surface area (Å²) in [6, 6.07) is 9.62. The minimum Gasteiger partial charge on any atom is -0.494 e. The van der Waals surface area contributed by atoms with Crippen LogP contribution in [0.2, 0.25) is 0 Å². The van der Waals surface area contributed by atoms with E-state index in [4.69, 9.17) is 10.00 Å². The second-order valence-corrected chi connectivity index (χ2v) is 5.27. The van der Waals surface area contributed by atoms with E-state index in [-0.39, 0.29) is 0 Å². The van der Waals surface area contributed by atoms with Gasteiger partial charge in [-0.1, -0.05) is 39.0 Å². The summed E-state index contributed by atoms with van der Waals surface area (Å²) in [7, 11) is 0. The summed E-state index contributed by atoms with van der Waals surface area (Å²) < 4.78 is 5.73. The van der Waals surface area contributed by atoms with Crippen molar-refractivity contribution in [1.29, 1.82) is 5.26 Å². The number of ether oxygens (including phenoxy) is 1. The number of hydrogen-bond donors (Lipinski definition) is 1. The number of nitrogens with zero attached hydrogens (tertiary/aromatic N) is 3. The molecule has 0 amide bonds. The van der Waals surface area contributed by atoms with Crippen LogP contribution in [-0.4, -0.2) is 22.0 Å². The van der Waals surface area contributed by atoms with Gasteiger partial charge >= 0.3 is 0 Å². The maximum atomic E-state index is 8.95. The van der Waals surface area contributed by atoms with E-state index in [9.17, 15) is 0 Å². The molecule has 2 aromatic rings. The number of aromatic nitrogens is 3. The van der Waals surface area contributed by atoms with E-state index in [2.05, 4.69) is 22.3 Å². The first-order chi connectivity index (χ1) is 10.8. The van der Waals surface area contributed by atoms with E-state index in [0.717, 1.165) is 24.3 Å². The molecule has 1 aromatic heterocycles. The SMILES string of the molecule is CCCCCCCCOc1ccc(-c2n[nH]nc2C#N)cc1. The van der Waals surface area contributed by atoms with E-state index < -0.39 is 0 Å². The van der Waals surface area contributed by atoms with Gasteiger partial charge in [0.2, 0.25) is 0 Å². The molecule has 0 radical (unpaired) electrons. The van der Waals surface area contributed by atoms with E-state index in [1.165, 1.54) is 32.1 Å². The Hall–Kier alpha value is -2.35. The average molecular weight is 298 g/mol. The van der Waals surface area contributed by atoms with Crippen LogP contribution in [0.15, 0.2) is 24.3 Å². The molecule has 0 bridgehead atoms. The van der Waals surface area contributed by atoms with Crippen molar-refractivity contribution in [2.75, 3.05) is 6.61 Å². The Morgan fingerprint density at radius 1 is 1.05 bits per heavy atom. The van der Waals surface area contributed by atoms with Crippen molar-refractivity contribution in [1.82, 2.24) is 15.4 Å². The average Bonchev–Trinajstić information content (AvgIpc) is 3.03. The molecule has 0 aliphatic rings. The normalized spacial score (nSPS) is 10.4. The number of nitrogens with one attached hydrogen (secondary N) is 1. The van der Waals surface area contributed by atoms with Crippen LogP contribution in [0.1, 0.15) is 51.1 Å². The fraction of sp³-hybridized carbons (Fsp3) is 0.471. The minimum atomic E-state index is 0.306. The molecular weight excluding hydrogens is 276 g/mol. The number of rotatable bonds is 9. The van der Waals surface area contributed by atoms with Crippen LogP contribution in [-0.2, 0) is 0 Å². The van der Waals surface area contributed by atoms with Gasteiger partial charge in [-0.25, -0.2) is 0 Å². The van der Waals surface area contributed by atoms with Gasteiger partial charge in [0.15, 0.2) is 5.69 Å². The number of nitriles is 1. The van der Waals surface area contributed by atoms with Crippen molar-refractivity contribution in [3.63, 3.8) is 0 Å². The zero-order valence-corrected chi connectivity index (χ0v) is 13.0. The molecule has 2 rings (SSSR count). The molecule has 0 aliphatic carbocycles. The molecule has 0 saturated heterocycles. The lowest BCUT2D eigenvalue weighted by Gasteiger charge is -2.06. The van der Waals surface area contributed by atoms with Gasteiger partial charge in [0.1, 0.15) is 17.5 Å². The molecule has 1 aromatic carbocycles. The summed E-state index contributed by atoms with van der Waals surface area (Å²) in [5, 5.41) is 19.2. The van der Waals surface area contributed by atoms with Crippen molar-refractivity contribution in [3.8, 4) is 23.1 Å². The predicted molar refractivity (Wildman–Crippen MR) is 85.4 cm³/mol. The van der Waals surface area contributed by atoms with Crippen LogP contribution in [0.5, 0.6) is 5.75 Å². The second-order valence-electron chi connectivity index (χ2n) is 5.27. The van der Waals surface area contributed by atoms with Gasteiger partial charge in [0, 0.05) is 5.56 Å². The zero-order chi connectivity index (χ0) is 15.6. The summed E-state index contributed by atoms with van der Waals surface area (Å²) in [6.45, 7) is 2.98. The first kappa shape index (κ1) is 16.0. The Labute approximate surface area is 131 Å². The molecule has 0 spiro atoms. The Morgan fingerprint density at radius 3 is 2.50 bits per heavy atom. The highest BCUT2D eigenvalue weighted by Crippen LogP contribution is 2.22. The van der Waals surface area contributed by atoms with Gasteiger partial charge in [-0.3, -0.25) is 0 Å². The third kappa shape index (κ3) is 4.59.